The minimum Gasteiger partial charge on any atom is -0.497 e. The smallest absolute Gasteiger partial charge is 0.223 e. The Labute approximate surface area is 188 Å². The highest BCUT2D eigenvalue weighted by Gasteiger charge is 2.22. The summed E-state index contributed by atoms with van der Waals surface area (Å²) >= 11 is 0. The fraction of sp³-hybridized carbons (Fsp3) is 0.320. The second kappa shape index (κ2) is 10.1. The lowest BCUT2D eigenvalue weighted by molar-refractivity contribution is -0.131. The summed E-state index contributed by atoms with van der Waals surface area (Å²) in [7, 11) is 3.30. The van der Waals surface area contributed by atoms with Crippen molar-refractivity contribution in [2.45, 2.75) is 12.8 Å². The number of aromatic nitrogens is 2. The van der Waals surface area contributed by atoms with Crippen LogP contribution in [0, 0.1) is 0 Å². The summed E-state index contributed by atoms with van der Waals surface area (Å²) in [6, 6.07) is 19.6. The monoisotopic (exact) mass is 432 g/mol. The first-order valence-corrected chi connectivity index (χ1v) is 10.8. The largest absolute Gasteiger partial charge is 0.497 e. The molecule has 4 rings (SSSR count). The van der Waals surface area contributed by atoms with E-state index in [0.29, 0.717) is 19.5 Å². The minimum atomic E-state index is 0.194. The van der Waals surface area contributed by atoms with Crippen molar-refractivity contribution < 1.29 is 14.3 Å². The van der Waals surface area contributed by atoms with E-state index in [-0.39, 0.29) is 5.91 Å². The Morgan fingerprint density at radius 3 is 2.28 bits per heavy atom. The molecule has 166 valence electrons. The van der Waals surface area contributed by atoms with Gasteiger partial charge in [-0.15, -0.1) is 10.2 Å². The van der Waals surface area contributed by atoms with Gasteiger partial charge in [0.05, 0.1) is 19.9 Å². The van der Waals surface area contributed by atoms with Gasteiger partial charge in [-0.05, 0) is 48.4 Å². The first-order chi connectivity index (χ1) is 15.7. The molecule has 7 nitrogen and oxygen atoms in total. The zero-order valence-corrected chi connectivity index (χ0v) is 18.5. The summed E-state index contributed by atoms with van der Waals surface area (Å²) in [4.78, 5) is 16.8. The van der Waals surface area contributed by atoms with Gasteiger partial charge >= 0.3 is 0 Å². The topological polar surface area (TPSA) is 67.8 Å². The van der Waals surface area contributed by atoms with E-state index in [1.54, 1.807) is 14.2 Å². The van der Waals surface area contributed by atoms with Crippen LogP contribution in [0.1, 0.15) is 12.0 Å². The normalized spacial score (nSPS) is 13.7. The summed E-state index contributed by atoms with van der Waals surface area (Å²) in [6.07, 6.45) is 1.25. The molecular weight excluding hydrogens is 404 g/mol. The maximum absolute atomic E-state index is 12.6. The quantitative estimate of drug-likeness (QED) is 0.570. The number of ether oxygens (including phenoxy) is 2. The minimum absolute atomic E-state index is 0.194. The van der Waals surface area contributed by atoms with Crippen LogP contribution >= 0.6 is 0 Å². The summed E-state index contributed by atoms with van der Waals surface area (Å²) in [5.41, 5.74) is 2.92. The molecule has 0 aliphatic carbocycles. The number of hydrogen-bond acceptors (Lipinski definition) is 6. The van der Waals surface area contributed by atoms with Gasteiger partial charge in [0.25, 0.3) is 0 Å². The SMILES string of the molecule is COc1ccc(CCC(=O)N2CCN(c3ccc(-c4cccc(OC)c4)nn3)CC2)cc1. The van der Waals surface area contributed by atoms with Crippen molar-refractivity contribution in [3.8, 4) is 22.8 Å². The van der Waals surface area contributed by atoms with Crippen molar-refractivity contribution >= 4 is 11.7 Å². The third-order valence-corrected chi connectivity index (χ3v) is 5.76. The number of methoxy groups -OCH3 is 2. The molecule has 0 N–H and O–H groups in total. The highest BCUT2D eigenvalue weighted by molar-refractivity contribution is 5.76. The van der Waals surface area contributed by atoms with Crippen molar-refractivity contribution in [1.82, 2.24) is 15.1 Å². The van der Waals surface area contributed by atoms with Gasteiger partial charge < -0.3 is 19.3 Å². The van der Waals surface area contributed by atoms with Crippen molar-refractivity contribution in [1.29, 1.82) is 0 Å². The lowest BCUT2D eigenvalue weighted by Gasteiger charge is -2.35. The molecule has 1 fully saturated rings. The Morgan fingerprint density at radius 1 is 0.875 bits per heavy atom. The zero-order valence-electron chi connectivity index (χ0n) is 18.5. The van der Waals surface area contributed by atoms with Gasteiger partial charge in [-0.2, -0.15) is 0 Å². The molecule has 0 radical (unpaired) electrons. The maximum Gasteiger partial charge on any atom is 0.223 e. The molecule has 0 spiro atoms. The molecule has 1 saturated heterocycles. The predicted octanol–water partition coefficient (Wildman–Crippen LogP) is 3.44. The Bertz CT molecular complexity index is 1030. The average Bonchev–Trinajstić information content (AvgIpc) is 2.88. The molecule has 0 saturated carbocycles. The molecule has 1 aliphatic rings. The van der Waals surface area contributed by atoms with Crippen LogP contribution in [-0.4, -0.2) is 61.4 Å². The van der Waals surface area contributed by atoms with E-state index in [2.05, 4.69) is 15.1 Å². The summed E-state index contributed by atoms with van der Waals surface area (Å²) in [5.74, 6) is 2.65. The molecule has 1 amide bonds. The van der Waals surface area contributed by atoms with Gasteiger partial charge in [-0.1, -0.05) is 24.3 Å². The summed E-state index contributed by atoms with van der Waals surface area (Å²) in [6.45, 7) is 2.89. The molecule has 0 bridgehead atoms. The number of nitrogens with zero attached hydrogens (tertiary/aromatic N) is 4. The Hall–Kier alpha value is -3.61. The van der Waals surface area contributed by atoms with E-state index in [4.69, 9.17) is 9.47 Å². The van der Waals surface area contributed by atoms with E-state index in [1.807, 2.05) is 65.6 Å². The molecule has 7 heteroatoms. The second-order valence-electron chi connectivity index (χ2n) is 7.72. The molecule has 2 aromatic carbocycles. The molecule has 32 heavy (non-hydrogen) atoms. The van der Waals surface area contributed by atoms with Gasteiger partial charge in [0.15, 0.2) is 5.82 Å². The number of aryl methyl sites for hydroxylation is 1. The molecular formula is C25H28N4O3. The van der Waals surface area contributed by atoms with Crippen LogP contribution in [0.15, 0.2) is 60.7 Å². The Morgan fingerprint density at radius 2 is 1.62 bits per heavy atom. The van der Waals surface area contributed by atoms with E-state index in [0.717, 1.165) is 53.6 Å². The van der Waals surface area contributed by atoms with Gasteiger partial charge in [0, 0.05) is 38.2 Å². The van der Waals surface area contributed by atoms with Crippen molar-refractivity contribution in [3.05, 3.63) is 66.2 Å². The summed E-state index contributed by atoms with van der Waals surface area (Å²) < 4.78 is 10.5. The molecule has 3 aromatic rings. The number of benzene rings is 2. The highest BCUT2D eigenvalue weighted by atomic mass is 16.5. The van der Waals surface area contributed by atoms with Crippen molar-refractivity contribution in [2.24, 2.45) is 0 Å². The summed E-state index contributed by atoms with van der Waals surface area (Å²) in [5, 5.41) is 8.81. The number of anilines is 1. The molecule has 1 aliphatic heterocycles. The Balaban J connectivity index is 1.28. The lowest BCUT2D eigenvalue weighted by atomic mass is 10.1. The van der Waals surface area contributed by atoms with E-state index >= 15 is 0 Å². The number of carbonyl (C=O) groups excluding carboxylic acids is 1. The molecule has 1 aromatic heterocycles. The molecule has 2 heterocycles. The number of hydrogen-bond donors (Lipinski definition) is 0. The Kier molecular flexibility index (Phi) is 6.84. The van der Waals surface area contributed by atoms with Gasteiger partial charge in [0.1, 0.15) is 11.5 Å². The first-order valence-electron chi connectivity index (χ1n) is 10.8. The van der Waals surface area contributed by atoms with Gasteiger partial charge in [-0.25, -0.2) is 0 Å². The first kappa shape index (κ1) is 21.6. The molecule has 0 unspecified atom stereocenters. The van der Waals surface area contributed by atoms with Crippen LogP contribution in [0.4, 0.5) is 5.82 Å². The van der Waals surface area contributed by atoms with Gasteiger partial charge in [0.2, 0.25) is 5.91 Å². The number of carbonyl (C=O) groups is 1. The zero-order chi connectivity index (χ0) is 22.3. The third-order valence-electron chi connectivity index (χ3n) is 5.76. The standard InChI is InChI=1S/C25H28N4O3/c1-31-21-9-6-19(7-10-21)8-13-25(30)29-16-14-28(15-17-29)24-12-11-23(26-27-24)20-4-3-5-22(18-20)32-2/h3-7,9-12,18H,8,13-17H2,1-2H3. The fourth-order valence-electron chi connectivity index (χ4n) is 3.82. The molecule has 0 atom stereocenters. The number of rotatable bonds is 7. The van der Waals surface area contributed by atoms with Crippen molar-refractivity contribution in [2.75, 3.05) is 45.3 Å². The van der Waals surface area contributed by atoms with Crippen LogP contribution in [-0.2, 0) is 11.2 Å². The number of piperazine rings is 1. The lowest BCUT2D eigenvalue weighted by Crippen LogP contribution is -2.49. The van der Waals surface area contributed by atoms with Crippen LogP contribution in [0.2, 0.25) is 0 Å². The van der Waals surface area contributed by atoms with E-state index in [1.165, 1.54) is 0 Å². The third kappa shape index (κ3) is 5.17. The van der Waals surface area contributed by atoms with Gasteiger partial charge in [-0.3, -0.25) is 4.79 Å². The van der Waals surface area contributed by atoms with Crippen LogP contribution in [0.3, 0.4) is 0 Å². The second-order valence-corrected chi connectivity index (χ2v) is 7.72. The van der Waals surface area contributed by atoms with Crippen molar-refractivity contribution in [3.63, 3.8) is 0 Å². The average molecular weight is 433 g/mol. The van der Waals surface area contributed by atoms with E-state index < -0.39 is 0 Å². The predicted molar refractivity (Wildman–Crippen MR) is 124 cm³/mol. The van der Waals surface area contributed by atoms with Crippen LogP contribution in [0.5, 0.6) is 11.5 Å². The van der Waals surface area contributed by atoms with Crippen LogP contribution < -0.4 is 14.4 Å². The maximum atomic E-state index is 12.6. The highest BCUT2D eigenvalue weighted by Crippen LogP contribution is 2.23. The fourth-order valence-corrected chi connectivity index (χ4v) is 3.82. The van der Waals surface area contributed by atoms with Crippen LogP contribution in [0.25, 0.3) is 11.3 Å². The number of amides is 1. The van der Waals surface area contributed by atoms with E-state index in [9.17, 15) is 4.79 Å².